The Morgan fingerprint density at radius 3 is 2.42 bits per heavy atom. The molecular weight excluding hydrogens is 234 g/mol. The van der Waals surface area contributed by atoms with E-state index in [1.807, 2.05) is 0 Å². The van der Waals surface area contributed by atoms with E-state index in [9.17, 15) is 0 Å². The molecular formula is C17H27NO. The van der Waals surface area contributed by atoms with Gasteiger partial charge in [-0.15, -0.1) is 0 Å². The Kier molecular flexibility index (Phi) is 4.32. The third-order valence-corrected chi connectivity index (χ3v) is 4.15. The summed E-state index contributed by atoms with van der Waals surface area (Å²) in [4.78, 5) is 0. The molecule has 0 radical (unpaired) electrons. The molecule has 0 bridgehead atoms. The minimum atomic E-state index is 0.213. The van der Waals surface area contributed by atoms with Gasteiger partial charge in [-0.2, -0.15) is 0 Å². The number of benzene rings is 1. The van der Waals surface area contributed by atoms with E-state index in [4.69, 9.17) is 4.74 Å². The Hall–Kier alpha value is -0.860. The molecule has 2 heteroatoms. The fraction of sp³-hybridized carbons (Fsp3) is 0.647. The highest BCUT2D eigenvalue weighted by atomic mass is 16.5. The third-order valence-electron chi connectivity index (χ3n) is 4.15. The van der Waals surface area contributed by atoms with Crippen molar-refractivity contribution in [3.05, 3.63) is 35.9 Å². The first-order valence-electron chi connectivity index (χ1n) is 7.28. The van der Waals surface area contributed by atoms with Crippen LogP contribution in [0, 0.1) is 5.41 Å². The monoisotopic (exact) mass is 261 g/mol. The smallest absolute Gasteiger partial charge is 0.0554 e. The first-order valence-corrected chi connectivity index (χ1v) is 7.28. The van der Waals surface area contributed by atoms with E-state index in [1.54, 1.807) is 0 Å². The lowest BCUT2D eigenvalue weighted by molar-refractivity contribution is -0.1000. The maximum Gasteiger partial charge on any atom is 0.0554 e. The van der Waals surface area contributed by atoms with Crippen molar-refractivity contribution in [2.45, 2.75) is 45.6 Å². The summed E-state index contributed by atoms with van der Waals surface area (Å²) in [5.41, 5.74) is 1.98. The SMILES string of the molecule is CC(CC(C)(C)c1ccccc1)NCC1(C)COC1. The number of hydrogen-bond donors (Lipinski definition) is 1. The summed E-state index contributed by atoms with van der Waals surface area (Å²) in [7, 11) is 0. The van der Waals surface area contributed by atoms with Crippen molar-refractivity contribution in [1.82, 2.24) is 5.32 Å². The lowest BCUT2D eigenvalue weighted by Gasteiger charge is -2.39. The minimum absolute atomic E-state index is 0.213. The van der Waals surface area contributed by atoms with E-state index < -0.39 is 0 Å². The Bertz CT molecular complexity index is 395. The fourth-order valence-corrected chi connectivity index (χ4v) is 2.82. The zero-order chi connectivity index (χ0) is 13.9. The molecule has 0 aliphatic carbocycles. The molecule has 1 fully saturated rings. The Morgan fingerprint density at radius 1 is 1.26 bits per heavy atom. The summed E-state index contributed by atoms with van der Waals surface area (Å²) >= 11 is 0. The highest BCUT2D eigenvalue weighted by Crippen LogP contribution is 2.29. The van der Waals surface area contributed by atoms with E-state index in [0.29, 0.717) is 11.5 Å². The predicted molar refractivity (Wildman–Crippen MR) is 80.5 cm³/mol. The second-order valence-electron chi connectivity index (χ2n) is 7.04. The molecule has 19 heavy (non-hydrogen) atoms. The van der Waals surface area contributed by atoms with Crippen molar-refractivity contribution >= 4 is 0 Å². The van der Waals surface area contributed by atoms with Crippen LogP contribution in [0.5, 0.6) is 0 Å². The summed E-state index contributed by atoms with van der Waals surface area (Å²) in [6.07, 6.45) is 1.15. The van der Waals surface area contributed by atoms with E-state index in [0.717, 1.165) is 26.2 Å². The molecule has 1 aliphatic rings. The van der Waals surface area contributed by atoms with Crippen LogP contribution in [0.25, 0.3) is 0 Å². The van der Waals surface area contributed by atoms with Gasteiger partial charge in [-0.1, -0.05) is 51.1 Å². The molecule has 1 atom stereocenters. The van der Waals surface area contributed by atoms with Gasteiger partial charge in [0.25, 0.3) is 0 Å². The number of rotatable bonds is 6. The van der Waals surface area contributed by atoms with Gasteiger partial charge in [-0.3, -0.25) is 0 Å². The minimum Gasteiger partial charge on any atom is -0.380 e. The van der Waals surface area contributed by atoms with Gasteiger partial charge in [0.15, 0.2) is 0 Å². The van der Waals surface area contributed by atoms with Gasteiger partial charge in [0, 0.05) is 18.0 Å². The molecule has 0 aromatic heterocycles. The lowest BCUT2D eigenvalue weighted by Crippen LogP contribution is -2.49. The van der Waals surface area contributed by atoms with E-state index >= 15 is 0 Å². The van der Waals surface area contributed by atoms with Crippen molar-refractivity contribution in [2.75, 3.05) is 19.8 Å². The topological polar surface area (TPSA) is 21.3 Å². The largest absolute Gasteiger partial charge is 0.380 e. The first kappa shape index (κ1) is 14.5. The van der Waals surface area contributed by atoms with Gasteiger partial charge in [-0.25, -0.2) is 0 Å². The van der Waals surface area contributed by atoms with Crippen LogP contribution in [-0.2, 0) is 10.2 Å². The molecule has 2 rings (SSSR count). The fourth-order valence-electron chi connectivity index (χ4n) is 2.82. The zero-order valence-electron chi connectivity index (χ0n) is 12.7. The maximum absolute atomic E-state index is 5.30. The average molecular weight is 261 g/mol. The van der Waals surface area contributed by atoms with E-state index in [-0.39, 0.29) is 5.41 Å². The molecule has 0 amide bonds. The molecule has 1 unspecified atom stereocenters. The van der Waals surface area contributed by atoms with E-state index in [1.165, 1.54) is 5.56 Å². The van der Waals surface area contributed by atoms with Gasteiger partial charge in [0.2, 0.25) is 0 Å². The van der Waals surface area contributed by atoms with Crippen molar-refractivity contribution < 1.29 is 4.74 Å². The lowest BCUT2D eigenvalue weighted by atomic mass is 9.79. The molecule has 1 aromatic carbocycles. The maximum atomic E-state index is 5.30. The van der Waals surface area contributed by atoms with Crippen LogP contribution in [0.1, 0.15) is 39.7 Å². The Labute approximate surface area is 117 Å². The predicted octanol–water partition coefficient (Wildman–Crippen LogP) is 3.37. The number of ether oxygens (including phenoxy) is 1. The van der Waals surface area contributed by atoms with E-state index in [2.05, 4.69) is 63.3 Å². The van der Waals surface area contributed by atoms with Gasteiger partial charge in [-0.05, 0) is 24.3 Å². The van der Waals surface area contributed by atoms with Crippen LogP contribution >= 0.6 is 0 Å². The Balaban J connectivity index is 1.85. The standard InChI is InChI=1S/C17H27NO/c1-14(18-11-17(4)12-19-13-17)10-16(2,3)15-8-6-5-7-9-15/h5-9,14,18H,10-13H2,1-4H3. The molecule has 1 heterocycles. The van der Waals surface area contributed by atoms with Crippen LogP contribution < -0.4 is 5.32 Å². The third kappa shape index (κ3) is 3.80. The molecule has 1 saturated heterocycles. The van der Waals surface area contributed by atoms with Crippen LogP contribution in [0.3, 0.4) is 0 Å². The molecule has 1 aliphatic heterocycles. The summed E-state index contributed by atoms with van der Waals surface area (Å²) in [5, 5.41) is 3.67. The molecule has 1 N–H and O–H groups in total. The second kappa shape index (κ2) is 5.64. The van der Waals surface area contributed by atoms with Crippen LogP contribution in [0.4, 0.5) is 0 Å². The summed E-state index contributed by atoms with van der Waals surface area (Å²) < 4.78 is 5.30. The molecule has 2 nitrogen and oxygen atoms in total. The van der Waals surface area contributed by atoms with Crippen molar-refractivity contribution in [3.8, 4) is 0 Å². The van der Waals surface area contributed by atoms with Crippen LogP contribution in [0.15, 0.2) is 30.3 Å². The first-order chi connectivity index (χ1) is 8.91. The molecule has 106 valence electrons. The summed E-state index contributed by atoms with van der Waals surface area (Å²) in [6, 6.07) is 11.3. The molecule has 1 aromatic rings. The second-order valence-corrected chi connectivity index (χ2v) is 7.04. The van der Waals surface area contributed by atoms with Gasteiger partial charge >= 0.3 is 0 Å². The average Bonchev–Trinajstić information content (AvgIpc) is 2.35. The highest BCUT2D eigenvalue weighted by molar-refractivity contribution is 5.23. The number of hydrogen-bond acceptors (Lipinski definition) is 2. The number of nitrogens with one attached hydrogen (secondary N) is 1. The quantitative estimate of drug-likeness (QED) is 0.847. The van der Waals surface area contributed by atoms with Crippen LogP contribution in [-0.4, -0.2) is 25.8 Å². The molecule has 0 saturated carbocycles. The molecule has 0 spiro atoms. The summed E-state index contributed by atoms with van der Waals surface area (Å²) in [6.45, 7) is 12.1. The van der Waals surface area contributed by atoms with Gasteiger partial charge < -0.3 is 10.1 Å². The highest BCUT2D eigenvalue weighted by Gasteiger charge is 2.33. The normalized spacial score (nSPS) is 19.8. The Morgan fingerprint density at radius 2 is 1.89 bits per heavy atom. The van der Waals surface area contributed by atoms with Crippen LogP contribution in [0.2, 0.25) is 0 Å². The van der Waals surface area contributed by atoms with Crippen molar-refractivity contribution in [2.24, 2.45) is 5.41 Å². The van der Waals surface area contributed by atoms with Gasteiger partial charge in [0.1, 0.15) is 0 Å². The zero-order valence-corrected chi connectivity index (χ0v) is 12.7. The van der Waals surface area contributed by atoms with Crippen molar-refractivity contribution in [1.29, 1.82) is 0 Å². The van der Waals surface area contributed by atoms with Gasteiger partial charge in [0.05, 0.1) is 13.2 Å². The summed E-state index contributed by atoms with van der Waals surface area (Å²) in [5.74, 6) is 0. The van der Waals surface area contributed by atoms with Crippen molar-refractivity contribution in [3.63, 3.8) is 0 Å².